The zero-order chi connectivity index (χ0) is 10.4. The number of anilines is 1. The number of rotatable bonds is 5. The Balaban J connectivity index is 2.26. The van der Waals surface area contributed by atoms with Crippen LogP contribution in [0.5, 0.6) is 0 Å². The fourth-order valence-corrected chi connectivity index (χ4v) is 0.965. The fraction of sp³-hybridized carbons (Fsp3) is 0.333. The molecule has 0 aliphatic heterocycles. The molecule has 1 aromatic rings. The second-order valence-electron chi connectivity index (χ2n) is 2.90. The lowest BCUT2D eigenvalue weighted by Gasteiger charge is -2.08. The summed E-state index contributed by atoms with van der Waals surface area (Å²) in [6.45, 7) is 0.539. The third-order valence-electron chi connectivity index (χ3n) is 1.78. The van der Waals surface area contributed by atoms with Gasteiger partial charge in [0.25, 0.3) is 0 Å². The van der Waals surface area contributed by atoms with E-state index < -0.39 is 12.0 Å². The highest BCUT2D eigenvalue weighted by atomic mass is 16.4. The van der Waals surface area contributed by atoms with Crippen molar-refractivity contribution in [2.45, 2.75) is 12.5 Å². The first-order valence-corrected chi connectivity index (χ1v) is 4.32. The van der Waals surface area contributed by atoms with Gasteiger partial charge in [-0.2, -0.15) is 0 Å². The number of nitrogens with two attached hydrogens (primary N) is 1. The average Bonchev–Trinajstić information content (AvgIpc) is 2.19. The molecule has 0 bridgehead atoms. The summed E-state index contributed by atoms with van der Waals surface area (Å²) < 4.78 is 0. The number of nitrogens with one attached hydrogen (secondary N) is 1. The zero-order valence-corrected chi connectivity index (χ0v) is 7.68. The lowest BCUT2D eigenvalue weighted by atomic mass is 10.2. The van der Waals surface area contributed by atoms with Crippen molar-refractivity contribution in [1.82, 2.24) is 4.98 Å². The van der Waals surface area contributed by atoms with Gasteiger partial charge in [-0.3, -0.25) is 9.78 Å². The highest BCUT2D eigenvalue weighted by Gasteiger charge is 2.09. The van der Waals surface area contributed by atoms with Crippen molar-refractivity contribution in [1.29, 1.82) is 0 Å². The van der Waals surface area contributed by atoms with Crippen LogP contribution >= 0.6 is 0 Å². The van der Waals surface area contributed by atoms with Crippen LogP contribution in [-0.2, 0) is 4.79 Å². The molecule has 0 saturated carbocycles. The van der Waals surface area contributed by atoms with E-state index in [-0.39, 0.29) is 0 Å². The second kappa shape index (κ2) is 5.18. The van der Waals surface area contributed by atoms with Gasteiger partial charge in [-0.15, -0.1) is 0 Å². The molecule has 1 heterocycles. The number of carboxylic acids is 1. The predicted molar refractivity (Wildman–Crippen MR) is 53.0 cm³/mol. The fourth-order valence-electron chi connectivity index (χ4n) is 0.965. The molecule has 0 aromatic carbocycles. The molecule has 0 saturated heterocycles. The summed E-state index contributed by atoms with van der Waals surface area (Å²) in [6.07, 6.45) is 3.73. The van der Waals surface area contributed by atoms with E-state index in [2.05, 4.69) is 10.3 Å². The van der Waals surface area contributed by atoms with E-state index in [1.165, 1.54) is 0 Å². The van der Waals surface area contributed by atoms with Crippen molar-refractivity contribution >= 4 is 11.7 Å². The van der Waals surface area contributed by atoms with Crippen molar-refractivity contribution < 1.29 is 9.90 Å². The van der Waals surface area contributed by atoms with Gasteiger partial charge in [-0.05, 0) is 18.6 Å². The molecule has 5 heteroatoms. The van der Waals surface area contributed by atoms with Gasteiger partial charge in [-0.25, -0.2) is 0 Å². The van der Waals surface area contributed by atoms with Crippen molar-refractivity contribution in [2.75, 3.05) is 11.9 Å². The van der Waals surface area contributed by atoms with E-state index >= 15 is 0 Å². The van der Waals surface area contributed by atoms with Gasteiger partial charge in [-0.1, -0.05) is 0 Å². The third-order valence-corrected chi connectivity index (χ3v) is 1.78. The highest BCUT2D eigenvalue weighted by Crippen LogP contribution is 2.03. The Morgan fingerprint density at radius 1 is 1.57 bits per heavy atom. The lowest BCUT2D eigenvalue weighted by molar-refractivity contribution is -0.138. The topological polar surface area (TPSA) is 88.2 Å². The van der Waals surface area contributed by atoms with Gasteiger partial charge < -0.3 is 16.2 Å². The minimum Gasteiger partial charge on any atom is -0.480 e. The first-order chi connectivity index (χ1) is 6.70. The Hall–Kier alpha value is -1.62. The van der Waals surface area contributed by atoms with Crippen LogP contribution in [0.15, 0.2) is 24.5 Å². The summed E-state index contributed by atoms with van der Waals surface area (Å²) in [4.78, 5) is 14.2. The maximum absolute atomic E-state index is 10.4. The smallest absolute Gasteiger partial charge is 0.320 e. The van der Waals surface area contributed by atoms with Gasteiger partial charge >= 0.3 is 5.97 Å². The Labute approximate surface area is 82.0 Å². The van der Waals surface area contributed by atoms with Crippen LogP contribution in [0.25, 0.3) is 0 Å². The first kappa shape index (κ1) is 10.5. The van der Waals surface area contributed by atoms with E-state index in [9.17, 15) is 4.79 Å². The number of nitrogens with zero attached hydrogens (tertiary/aromatic N) is 1. The Kier molecular flexibility index (Phi) is 3.87. The number of aromatic nitrogens is 1. The second-order valence-corrected chi connectivity index (χ2v) is 2.90. The summed E-state index contributed by atoms with van der Waals surface area (Å²) in [6, 6.07) is 2.82. The van der Waals surface area contributed by atoms with Crippen molar-refractivity contribution in [3.8, 4) is 0 Å². The number of aliphatic carboxylic acids is 1. The Bertz CT molecular complexity index is 289. The van der Waals surface area contributed by atoms with Crippen LogP contribution in [0, 0.1) is 0 Å². The molecule has 1 aromatic heterocycles. The maximum Gasteiger partial charge on any atom is 0.320 e. The molecule has 0 amide bonds. The summed E-state index contributed by atoms with van der Waals surface area (Å²) >= 11 is 0. The van der Waals surface area contributed by atoms with E-state index in [4.69, 9.17) is 10.8 Å². The molecule has 1 unspecified atom stereocenters. The zero-order valence-electron chi connectivity index (χ0n) is 7.68. The van der Waals surface area contributed by atoms with Gasteiger partial charge in [0.2, 0.25) is 0 Å². The van der Waals surface area contributed by atoms with Crippen LogP contribution in [0.1, 0.15) is 6.42 Å². The van der Waals surface area contributed by atoms with Crippen molar-refractivity contribution in [2.24, 2.45) is 5.73 Å². The van der Waals surface area contributed by atoms with Crippen LogP contribution < -0.4 is 11.1 Å². The summed E-state index contributed by atoms with van der Waals surface area (Å²) in [5, 5.41) is 11.6. The Morgan fingerprint density at radius 2 is 2.21 bits per heavy atom. The molecule has 1 rings (SSSR count). The highest BCUT2D eigenvalue weighted by molar-refractivity contribution is 5.73. The monoisotopic (exact) mass is 195 g/mol. The minimum atomic E-state index is -0.971. The van der Waals surface area contributed by atoms with Crippen molar-refractivity contribution in [3.63, 3.8) is 0 Å². The Morgan fingerprint density at radius 3 is 2.79 bits per heavy atom. The van der Waals surface area contributed by atoms with E-state index in [1.807, 2.05) is 12.1 Å². The van der Waals surface area contributed by atoms with Crippen LogP contribution in [0.3, 0.4) is 0 Å². The standard InChI is InChI=1S/C9H13N3O2/c10-8(9(13)14)3-6-12-7-1-4-11-5-2-7/h1-2,4-5,8H,3,6,10H2,(H,11,12)(H,13,14). The molecule has 1 atom stereocenters. The molecular formula is C9H13N3O2. The SMILES string of the molecule is NC(CCNc1ccncc1)C(=O)O. The summed E-state index contributed by atoms with van der Waals surface area (Å²) in [5.41, 5.74) is 6.24. The molecule has 4 N–H and O–H groups in total. The quantitative estimate of drug-likeness (QED) is 0.628. The van der Waals surface area contributed by atoms with E-state index in [0.29, 0.717) is 13.0 Å². The molecule has 0 aliphatic carbocycles. The minimum absolute atomic E-state index is 0.400. The van der Waals surface area contributed by atoms with Gasteiger partial charge in [0.15, 0.2) is 0 Å². The number of carbonyl (C=O) groups is 1. The van der Waals surface area contributed by atoms with E-state index in [0.717, 1.165) is 5.69 Å². The van der Waals surface area contributed by atoms with Gasteiger partial charge in [0.1, 0.15) is 6.04 Å². The normalized spacial score (nSPS) is 12.1. The van der Waals surface area contributed by atoms with Gasteiger partial charge in [0.05, 0.1) is 0 Å². The lowest BCUT2D eigenvalue weighted by Crippen LogP contribution is -2.32. The number of hydrogen-bond acceptors (Lipinski definition) is 4. The van der Waals surface area contributed by atoms with Gasteiger partial charge in [0, 0.05) is 24.6 Å². The van der Waals surface area contributed by atoms with Crippen LogP contribution in [0.2, 0.25) is 0 Å². The molecule has 0 aliphatic rings. The molecule has 5 nitrogen and oxygen atoms in total. The van der Waals surface area contributed by atoms with E-state index in [1.54, 1.807) is 12.4 Å². The molecule has 76 valence electrons. The van der Waals surface area contributed by atoms with Crippen LogP contribution in [0.4, 0.5) is 5.69 Å². The number of pyridine rings is 1. The third kappa shape index (κ3) is 3.40. The predicted octanol–water partition coefficient (Wildman–Crippen LogP) is 0.295. The first-order valence-electron chi connectivity index (χ1n) is 4.32. The number of carboxylic acid groups (broad SMARTS) is 1. The molecule has 14 heavy (non-hydrogen) atoms. The molecule has 0 fully saturated rings. The average molecular weight is 195 g/mol. The molecular weight excluding hydrogens is 182 g/mol. The van der Waals surface area contributed by atoms with Crippen molar-refractivity contribution in [3.05, 3.63) is 24.5 Å². The molecule has 0 radical (unpaired) electrons. The summed E-state index contributed by atoms with van der Waals surface area (Å²) in [7, 11) is 0. The number of hydrogen-bond donors (Lipinski definition) is 3. The molecule has 0 spiro atoms. The largest absolute Gasteiger partial charge is 0.480 e. The van der Waals surface area contributed by atoms with Crippen LogP contribution in [-0.4, -0.2) is 28.6 Å². The maximum atomic E-state index is 10.4. The summed E-state index contributed by atoms with van der Waals surface area (Å²) in [5.74, 6) is -0.971.